The standard InChI is InChI=1S/C24H23N5OS2/c1-3-13-28-22(30)19-7-5-6-8-20(19)29-23(28)26-27-24(29)32-15-18-14-31-21(25-18)17-11-9-16(4-2)10-12-17/h5-12,14H,3-4,13,15H2,1-2H3. The van der Waals surface area contributed by atoms with E-state index in [0.717, 1.165) is 39.8 Å². The molecule has 0 atom stereocenters. The topological polar surface area (TPSA) is 65.1 Å². The van der Waals surface area contributed by atoms with Crippen LogP contribution in [0.15, 0.2) is 63.9 Å². The highest BCUT2D eigenvalue weighted by Gasteiger charge is 2.17. The molecular weight excluding hydrogens is 438 g/mol. The molecular formula is C24H23N5OS2. The van der Waals surface area contributed by atoms with Gasteiger partial charge in [-0.05, 0) is 30.5 Å². The van der Waals surface area contributed by atoms with Gasteiger partial charge in [-0.15, -0.1) is 21.5 Å². The number of benzene rings is 2. The molecule has 6 nitrogen and oxygen atoms in total. The van der Waals surface area contributed by atoms with E-state index in [1.165, 1.54) is 5.56 Å². The van der Waals surface area contributed by atoms with Crippen molar-refractivity contribution < 1.29 is 0 Å². The second-order valence-corrected chi connectivity index (χ2v) is 9.38. The van der Waals surface area contributed by atoms with Gasteiger partial charge in [-0.25, -0.2) is 4.98 Å². The summed E-state index contributed by atoms with van der Waals surface area (Å²) in [4.78, 5) is 17.8. The van der Waals surface area contributed by atoms with Crippen molar-refractivity contribution in [3.63, 3.8) is 0 Å². The predicted octanol–water partition coefficient (Wildman–Crippen LogP) is 5.43. The van der Waals surface area contributed by atoms with Crippen molar-refractivity contribution in [1.82, 2.24) is 24.1 Å². The van der Waals surface area contributed by atoms with E-state index >= 15 is 0 Å². The Bertz CT molecular complexity index is 1450. The molecule has 0 fully saturated rings. The molecule has 0 aliphatic carbocycles. The summed E-state index contributed by atoms with van der Waals surface area (Å²) in [6, 6.07) is 16.3. The number of para-hydroxylation sites is 1. The molecule has 5 aromatic rings. The highest BCUT2D eigenvalue weighted by atomic mass is 32.2. The Labute approximate surface area is 194 Å². The normalized spacial score (nSPS) is 11.6. The molecule has 3 heterocycles. The molecule has 0 saturated carbocycles. The van der Waals surface area contributed by atoms with Crippen LogP contribution in [-0.2, 0) is 18.7 Å². The van der Waals surface area contributed by atoms with Crippen LogP contribution in [-0.4, -0.2) is 24.1 Å². The quantitative estimate of drug-likeness (QED) is 0.302. The van der Waals surface area contributed by atoms with E-state index in [1.54, 1.807) is 27.7 Å². The van der Waals surface area contributed by atoms with Crippen LogP contribution in [0.4, 0.5) is 0 Å². The summed E-state index contributed by atoms with van der Waals surface area (Å²) < 4.78 is 3.72. The molecule has 162 valence electrons. The highest BCUT2D eigenvalue weighted by Crippen LogP contribution is 2.29. The van der Waals surface area contributed by atoms with Gasteiger partial charge in [0.05, 0.1) is 16.6 Å². The number of thioether (sulfide) groups is 1. The van der Waals surface area contributed by atoms with Gasteiger partial charge in [0.15, 0.2) is 5.16 Å². The lowest BCUT2D eigenvalue weighted by Gasteiger charge is -2.10. The first-order valence-corrected chi connectivity index (χ1v) is 12.6. The van der Waals surface area contributed by atoms with Gasteiger partial charge in [0.25, 0.3) is 5.56 Å². The number of fused-ring (bicyclic) bond motifs is 3. The molecule has 3 aromatic heterocycles. The Morgan fingerprint density at radius 2 is 1.84 bits per heavy atom. The molecule has 0 N–H and O–H groups in total. The maximum Gasteiger partial charge on any atom is 0.262 e. The molecule has 0 radical (unpaired) electrons. The van der Waals surface area contributed by atoms with Crippen molar-refractivity contribution in [3.8, 4) is 10.6 Å². The molecule has 0 amide bonds. The van der Waals surface area contributed by atoms with Crippen LogP contribution in [0.2, 0.25) is 0 Å². The fraction of sp³-hybridized carbons (Fsp3) is 0.250. The van der Waals surface area contributed by atoms with Gasteiger partial charge < -0.3 is 0 Å². The van der Waals surface area contributed by atoms with Crippen molar-refractivity contribution in [3.05, 3.63) is 75.5 Å². The van der Waals surface area contributed by atoms with E-state index in [4.69, 9.17) is 4.98 Å². The molecule has 0 saturated heterocycles. The summed E-state index contributed by atoms with van der Waals surface area (Å²) in [7, 11) is 0. The highest BCUT2D eigenvalue weighted by molar-refractivity contribution is 7.98. The maximum absolute atomic E-state index is 13.0. The summed E-state index contributed by atoms with van der Waals surface area (Å²) in [5.41, 5.74) is 4.30. The fourth-order valence-corrected chi connectivity index (χ4v) is 5.54. The first kappa shape index (κ1) is 20.9. The number of hydrogen-bond donors (Lipinski definition) is 0. The van der Waals surface area contributed by atoms with Crippen LogP contribution >= 0.6 is 23.1 Å². The molecule has 0 unspecified atom stereocenters. The summed E-state index contributed by atoms with van der Waals surface area (Å²) in [5, 5.41) is 13.4. The number of aromatic nitrogens is 5. The molecule has 0 aliphatic rings. The molecule has 0 aliphatic heterocycles. The van der Waals surface area contributed by atoms with Crippen molar-refractivity contribution >= 4 is 39.8 Å². The lowest BCUT2D eigenvalue weighted by Crippen LogP contribution is -2.23. The number of rotatable bonds is 7. The van der Waals surface area contributed by atoms with Gasteiger partial charge in [-0.2, -0.15) is 0 Å². The largest absolute Gasteiger partial charge is 0.276 e. The van der Waals surface area contributed by atoms with Gasteiger partial charge in [-0.3, -0.25) is 13.8 Å². The lowest BCUT2D eigenvalue weighted by molar-refractivity contribution is 0.662. The number of thiazole rings is 1. The summed E-state index contributed by atoms with van der Waals surface area (Å²) in [5.74, 6) is 1.28. The Morgan fingerprint density at radius 1 is 1.03 bits per heavy atom. The zero-order valence-electron chi connectivity index (χ0n) is 18.0. The lowest BCUT2D eigenvalue weighted by atomic mass is 10.1. The van der Waals surface area contributed by atoms with Gasteiger partial charge in [-0.1, -0.05) is 62.0 Å². The molecule has 5 rings (SSSR count). The molecule has 2 aromatic carbocycles. The maximum atomic E-state index is 13.0. The van der Waals surface area contributed by atoms with Crippen molar-refractivity contribution in [2.75, 3.05) is 0 Å². The van der Waals surface area contributed by atoms with Gasteiger partial charge in [0.1, 0.15) is 5.01 Å². The van der Waals surface area contributed by atoms with E-state index in [9.17, 15) is 4.79 Å². The third-order valence-corrected chi connectivity index (χ3v) is 7.34. The Balaban J connectivity index is 1.46. The average molecular weight is 462 g/mol. The summed E-state index contributed by atoms with van der Waals surface area (Å²) in [6.45, 7) is 4.83. The van der Waals surface area contributed by atoms with Crippen LogP contribution in [0.3, 0.4) is 0 Å². The van der Waals surface area contributed by atoms with Crippen molar-refractivity contribution in [2.45, 2.75) is 44.1 Å². The first-order chi connectivity index (χ1) is 15.7. The van der Waals surface area contributed by atoms with Crippen molar-refractivity contribution in [1.29, 1.82) is 0 Å². The molecule has 0 spiro atoms. The Morgan fingerprint density at radius 3 is 2.62 bits per heavy atom. The monoisotopic (exact) mass is 461 g/mol. The molecule has 0 bridgehead atoms. The smallest absolute Gasteiger partial charge is 0.262 e. The van der Waals surface area contributed by atoms with Crippen molar-refractivity contribution in [2.24, 2.45) is 0 Å². The van der Waals surface area contributed by atoms with Crippen LogP contribution in [0.25, 0.3) is 27.3 Å². The third kappa shape index (κ3) is 3.73. The van der Waals surface area contributed by atoms with E-state index in [0.29, 0.717) is 23.5 Å². The zero-order chi connectivity index (χ0) is 22.1. The fourth-order valence-electron chi connectivity index (χ4n) is 3.78. The second-order valence-electron chi connectivity index (χ2n) is 7.58. The average Bonchev–Trinajstić information content (AvgIpc) is 3.48. The van der Waals surface area contributed by atoms with Crippen LogP contribution in [0, 0.1) is 0 Å². The first-order valence-electron chi connectivity index (χ1n) is 10.7. The minimum absolute atomic E-state index is 0.0165. The third-order valence-electron chi connectivity index (χ3n) is 5.44. The van der Waals surface area contributed by atoms with Crippen LogP contribution in [0.1, 0.15) is 31.5 Å². The van der Waals surface area contributed by atoms with Gasteiger partial charge >= 0.3 is 0 Å². The number of hydrogen-bond acceptors (Lipinski definition) is 6. The molecule has 32 heavy (non-hydrogen) atoms. The Kier molecular flexibility index (Phi) is 5.80. The van der Waals surface area contributed by atoms with E-state index in [2.05, 4.69) is 53.7 Å². The summed E-state index contributed by atoms with van der Waals surface area (Å²) >= 11 is 3.25. The van der Waals surface area contributed by atoms with Crippen LogP contribution < -0.4 is 5.56 Å². The predicted molar refractivity (Wildman–Crippen MR) is 132 cm³/mol. The Hall–Kier alpha value is -2.97. The summed E-state index contributed by atoms with van der Waals surface area (Å²) in [6.07, 6.45) is 1.89. The van der Waals surface area contributed by atoms with E-state index in [-0.39, 0.29) is 5.56 Å². The second kappa shape index (κ2) is 8.88. The zero-order valence-corrected chi connectivity index (χ0v) is 19.6. The molecule has 8 heteroatoms. The SMILES string of the molecule is CCCn1c(=O)c2ccccc2n2c(SCc3csc(-c4ccc(CC)cc4)n3)nnc12. The van der Waals surface area contributed by atoms with E-state index in [1.807, 2.05) is 28.7 Å². The minimum Gasteiger partial charge on any atom is -0.276 e. The minimum atomic E-state index is -0.0165. The van der Waals surface area contributed by atoms with E-state index < -0.39 is 0 Å². The van der Waals surface area contributed by atoms with Gasteiger partial charge in [0, 0.05) is 23.2 Å². The number of aryl methyl sites for hydroxylation is 2. The van der Waals surface area contributed by atoms with Gasteiger partial charge in [0.2, 0.25) is 5.78 Å². The van der Waals surface area contributed by atoms with Crippen LogP contribution in [0.5, 0.6) is 0 Å². The number of nitrogens with zero attached hydrogens (tertiary/aromatic N) is 5.